The summed E-state index contributed by atoms with van der Waals surface area (Å²) in [5, 5.41) is 0. The molecular formula is C21H24Br2O2. The number of benzene rings is 2. The van der Waals surface area contributed by atoms with Crippen LogP contribution in [0.5, 0.6) is 17.2 Å². The monoisotopic (exact) mass is 466 g/mol. The van der Waals surface area contributed by atoms with Crippen LogP contribution in [0.2, 0.25) is 0 Å². The Morgan fingerprint density at radius 3 is 2.24 bits per heavy atom. The summed E-state index contributed by atoms with van der Waals surface area (Å²) >= 11 is 6.68. The van der Waals surface area contributed by atoms with E-state index in [0.29, 0.717) is 18.4 Å². The van der Waals surface area contributed by atoms with Crippen LogP contribution in [-0.2, 0) is 0 Å². The molecule has 2 rings (SSSR count). The van der Waals surface area contributed by atoms with Gasteiger partial charge in [-0.15, -0.1) is 0 Å². The summed E-state index contributed by atoms with van der Waals surface area (Å²) in [6, 6.07) is 14.2. The highest BCUT2D eigenvalue weighted by Crippen LogP contribution is 2.35. The van der Waals surface area contributed by atoms with E-state index in [1.165, 1.54) is 5.56 Å². The van der Waals surface area contributed by atoms with Gasteiger partial charge in [-0.3, -0.25) is 0 Å². The molecule has 0 aliphatic heterocycles. The summed E-state index contributed by atoms with van der Waals surface area (Å²) in [5.74, 6) is 3.39. The fourth-order valence-electron chi connectivity index (χ4n) is 2.54. The molecule has 0 saturated carbocycles. The van der Waals surface area contributed by atoms with Crippen molar-refractivity contribution in [3.05, 3.63) is 63.1 Å². The molecule has 0 saturated heterocycles. The predicted molar refractivity (Wildman–Crippen MR) is 113 cm³/mol. The van der Waals surface area contributed by atoms with Gasteiger partial charge >= 0.3 is 0 Å². The Morgan fingerprint density at radius 2 is 1.60 bits per heavy atom. The zero-order valence-electron chi connectivity index (χ0n) is 15.1. The van der Waals surface area contributed by atoms with Gasteiger partial charge in [-0.1, -0.05) is 45.9 Å². The summed E-state index contributed by atoms with van der Waals surface area (Å²) in [6.07, 6.45) is 1.92. The summed E-state index contributed by atoms with van der Waals surface area (Å²) in [6.45, 7) is 9.17. The Bertz CT molecular complexity index is 732. The molecule has 0 aliphatic carbocycles. The van der Waals surface area contributed by atoms with Gasteiger partial charge in [0.15, 0.2) is 0 Å². The second-order valence-corrected chi connectivity index (χ2v) is 9.23. The van der Waals surface area contributed by atoms with Crippen molar-refractivity contribution < 1.29 is 9.47 Å². The largest absolute Gasteiger partial charge is 0.489 e. The molecule has 0 unspecified atom stereocenters. The van der Waals surface area contributed by atoms with Crippen molar-refractivity contribution in [1.29, 1.82) is 0 Å². The van der Waals surface area contributed by atoms with Crippen LogP contribution < -0.4 is 9.47 Å². The van der Waals surface area contributed by atoms with E-state index in [0.717, 1.165) is 26.2 Å². The van der Waals surface area contributed by atoms with Gasteiger partial charge in [0, 0.05) is 5.56 Å². The zero-order chi connectivity index (χ0) is 18.4. The molecule has 0 fully saturated rings. The van der Waals surface area contributed by atoms with Crippen LogP contribution in [-0.4, -0.2) is 6.61 Å². The standard InChI is InChI=1S/C21H24Br2O2/c1-14(2)17-7-5-6-8-20(17)25-16-9-10-19(18(13-16)15(3)4)24-12-11-21(22)23/h5-11,13-15H,12H2,1-4H3. The molecule has 0 N–H and O–H groups in total. The van der Waals surface area contributed by atoms with E-state index in [2.05, 4.69) is 71.7 Å². The van der Waals surface area contributed by atoms with Crippen molar-refractivity contribution in [1.82, 2.24) is 0 Å². The maximum Gasteiger partial charge on any atom is 0.130 e. The molecule has 0 heterocycles. The molecule has 0 aromatic heterocycles. The minimum absolute atomic E-state index is 0.343. The maximum atomic E-state index is 6.18. The number of hydrogen-bond acceptors (Lipinski definition) is 2. The van der Waals surface area contributed by atoms with Gasteiger partial charge in [0.05, 0.1) is 3.39 Å². The Hall–Kier alpha value is -1.26. The highest BCUT2D eigenvalue weighted by Gasteiger charge is 2.12. The van der Waals surface area contributed by atoms with Crippen LogP contribution in [0.4, 0.5) is 0 Å². The first-order chi connectivity index (χ1) is 11.9. The number of para-hydroxylation sites is 1. The van der Waals surface area contributed by atoms with E-state index in [1.54, 1.807) is 0 Å². The fourth-order valence-corrected chi connectivity index (χ4v) is 2.81. The van der Waals surface area contributed by atoms with E-state index in [-0.39, 0.29) is 0 Å². The Balaban J connectivity index is 2.26. The number of ether oxygens (including phenoxy) is 2. The van der Waals surface area contributed by atoms with E-state index in [9.17, 15) is 0 Å². The molecule has 25 heavy (non-hydrogen) atoms. The smallest absolute Gasteiger partial charge is 0.130 e. The second-order valence-electron chi connectivity index (χ2n) is 6.45. The maximum absolute atomic E-state index is 6.18. The van der Waals surface area contributed by atoms with Crippen LogP contribution in [0.3, 0.4) is 0 Å². The first-order valence-electron chi connectivity index (χ1n) is 8.43. The molecule has 0 atom stereocenters. The van der Waals surface area contributed by atoms with E-state index >= 15 is 0 Å². The van der Waals surface area contributed by atoms with Crippen LogP contribution in [0.15, 0.2) is 51.9 Å². The average Bonchev–Trinajstić information content (AvgIpc) is 2.55. The van der Waals surface area contributed by atoms with Gasteiger partial charge in [-0.2, -0.15) is 0 Å². The second kappa shape index (κ2) is 9.44. The minimum atomic E-state index is 0.343. The summed E-state index contributed by atoms with van der Waals surface area (Å²) in [4.78, 5) is 0. The summed E-state index contributed by atoms with van der Waals surface area (Å²) in [5.41, 5.74) is 2.35. The van der Waals surface area contributed by atoms with E-state index in [4.69, 9.17) is 9.47 Å². The molecule has 4 heteroatoms. The molecule has 0 spiro atoms. The Labute approximate surface area is 167 Å². The third-order valence-electron chi connectivity index (χ3n) is 3.85. The Kier molecular flexibility index (Phi) is 7.57. The van der Waals surface area contributed by atoms with Crippen molar-refractivity contribution >= 4 is 31.9 Å². The molecule has 0 radical (unpaired) electrons. The van der Waals surface area contributed by atoms with Crippen LogP contribution in [0, 0.1) is 0 Å². The molecule has 2 aromatic carbocycles. The normalized spacial score (nSPS) is 10.9. The Morgan fingerprint density at radius 1 is 0.920 bits per heavy atom. The highest BCUT2D eigenvalue weighted by atomic mass is 79.9. The van der Waals surface area contributed by atoms with Gasteiger partial charge in [0.2, 0.25) is 0 Å². The quantitative estimate of drug-likeness (QED) is 0.414. The van der Waals surface area contributed by atoms with Crippen molar-refractivity contribution in [2.75, 3.05) is 6.61 Å². The lowest BCUT2D eigenvalue weighted by Gasteiger charge is -2.17. The van der Waals surface area contributed by atoms with Gasteiger partial charge in [-0.25, -0.2) is 0 Å². The van der Waals surface area contributed by atoms with Crippen molar-refractivity contribution in [3.63, 3.8) is 0 Å². The van der Waals surface area contributed by atoms with Crippen molar-refractivity contribution in [2.24, 2.45) is 0 Å². The first-order valence-corrected chi connectivity index (χ1v) is 10.0. The minimum Gasteiger partial charge on any atom is -0.489 e. The summed E-state index contributed by atoms with van der Waals surface area (Å²) in [7, 11) is 0. The third-order valence-corrected chi connectivity index (χ3v) is 4.50. The average molecular weight is 468 g/mol. The molecule has 0 amide bonds. The van der Waals surface area contributed by atoms with Crippen LogP contribution >= 0.6 is 31.9 Å². The fraction of sp³-hybridized carbons (Fsp3) is 0.333. The van der Waals surface area contributed by atoms with Gasteiger partial charge < -0.3 is 9.47 Å². The zero-order valence-corrected chi connectivity index (χ0v) is 18.2. The topological polar surface area (TPSA) is 18.5 Å². The van der Waals surface area contributed by atoms with Crippen LogP contribution in [0.25, 0.3) is 0 Å². The SMILES string of the molecule is CC(C)c1cc(Oc2ccccc2C(C)C)ccc1OCC=C(Br)Br. The third kappa shape index (κ3) is 5.89. The first kappa shape index (κ1) is 20.1. The molecule has 2 aromatic rings. The van der Waals surface area contributed by atoms with Gasteiger partial charge in [0.1, 0.15) is 23.9 Å². The molecule has 0 aliphatic rings. The number of hydrogen-bond donors (Lipinski definition) is 0. The van der Waals surface area contributed by atoms with E-state index < -0.39 is 0 Å². The van der Waals surface area contributed by atoms with E-state index in [1.807, 2.05) is 36.4 Å². The molecule has 134 valence electrons. The lowest BCUT2D eigenvalue weighted by Crippen LogP contribution is -2.00. The lowest BCUT2D eigenvalue weighted by molar-refractivity contribution is 0.356. The van der Waals surface area contributed by atoms with Crippen molar-refractivity contribution in [2.45, 2.75) is 39.5 Å². The van der Waals surface area contributed by atoms with Crippen LogP contribution in [0.1, 0.15) is 50.7 Å². The van der Waals surface area contributed by atoms with Gasteiger partial charge in [-0.05, 0) is 79.6 Å². The van der Waals surface area contributed by atoms with Crippen molar-refractivity contribution in [3.8, 4) is 17.2 Å². The molecular weight excluding hydrogens is 444 g/mol. The summed E-state index contributed by atoms with van der Waals surface area (Å²) < 4.78 is 12.9. The lowest BCUT2D eigenvalue weighted by atomic mass is 10.0. The molecule has 0 bridgehead atoms. The number of rotatable bonds is 7. The predicted octanol–water partition coefficient (Wildman–Crippen LogP) is 7.74. The highest BCUT2D eigenvalue weighted by molar-refractivity contribution is 9.28. The molecule has 2 nitrogen and oxygen atoms in total. The number of halogens is 2. The van der Waals surface area contributed by atoms with Gasteiger partial charge in [0.25, 0.3) is 0 Å².